The quantitative estimate of drug-likeness (QED) is 0.708. The number of para-hydroxylation sites is 1. The summed E-state index contributed by atoms with van der Waals surface area (Å²) in [5, 5.41) is 8.19. The molecule has 0 radical (unpaired) electrons. The molecule has 3 nitrogen and oxygen atoms in total. The van der Waals surface area contributed by atoms with Crippen LogP contribution in [-0.4, -0.2) is 17.3 Å². The second-order valence-electron chi connectivity index (χ2n) is 2.69. The van der Waals surface area contributed by atoms with Crippen LogP contribution in [0, 0.1) is 0 Å². The normalized spacial score (nSPS) is 11.2. The van der Waals surface area contributed by atoms with Crippen LogP contribution in [0.1, 0.15) is 5.69 Å². The molecule has 3 heteroatoms. The van der Waals surface area contributed by atoms with Gasteiger partial charge in [-0.2, -0.15) is 5.10 Å². The third-order valence-corrected chi connectivity index (χ3v) is 1.86. The van der Waals surface area contributed by atoms with E-state index in [0.717, 1.165) is 16.6 Å². The second kappa shape index (κ2) is 3.31. The molecule has 0 saturated heterocycles. The number of aromatic amines is 1. The van der Waals surface area contributed by atoms with Gasteiger partial charge in [0.15, 0.2) is 0 Å². The van der Waals surface area contributed by atoms with Crippen molar-refractivity contribution < 1.29 is 4.74 Å². The van der Waals surface area contributed by atoms with Crippen molar-refractivity contribution in [2.24, 2.45) is 0 Å². The van der Waals surface area contributed by atoms with Crippen molar-refractivity contribution in [1.29, 1.82) is 0 Å². The highest BCUT2D eigenvalue weighted by Gasteiger charge is 1.99. The molecule has 0 aliphatic heterocycles. The van der Waals surface area contributed by atoms with Gasteiger partial charge in [-0.25, -0.2) is 0 Å². The van der Waals surface area contributed by atoms with Gasteiger partial charge in [0.2, 0.25) is 0 Å². The number of aromatic nitrogens is 2. The number of hydrogen-bond donors (Lipinski definition) is 1. The number of fused-ring (bicyclic) bond motifs is 1. The number of ether oxygens (including phenoxy) is 1. The van der Waals surface area contributed by atoms with Gasteiger partial charge < -0.3 is 4.74 Å². The third-order valence-electron chi connectivity index (χ3n) is 1.86. The molecule has 1 N–H and O–H groups in total. The van der Waals surface area contributed by atoms with Crippen LogP contribution in [0.15, 0.2) is 30.5 Å². The molecule has 0 fully saturated rings. The van der Waals surface area contributed by atoms with E-state index in [2.05, 4.69) is 10.2 Å². The number of hydrogen-bond acceptors (Lipinski definition) is 2. The van der Waals surface area contributed by atoms with Crippen LogP contribution in [0.25, 0.3) is 17.0 Å². The molecule has 0 aliphatic rings. The Morgan fingerprint density at radius 1 is 1.38 bits per heavy atom. The Morgan fingerprint density at radius 3 is 3.08 bits per heavy atom. The average Bonchev–Trinajstić information content (AvgIpc) is 2.58. The van der Waals surface area contributed by atoms with Crippen LogP contribution < -0.4 is 0 Å². The van der Waals surface area contributed by atoms with Gasteiger partial charge in [-0.05, 0) is 6.07 Å². The maximum absolute atomic E-state index is 4.83. The molecule has 0 amide bonds. The molecule has 0 bridgehead atoms. The van der Waals surface area contributed by atoms with E-state index in [4.69, 9.17) is 4.74 Å². The van der Waals surface area contributed by atoms with E-state index in [1.165, 1.54) is 0 Å². The fraction of sp³-hybridized carbons (Fsp3) is 0.100. The van der Waals surface area contributed by atoms with Gasteiger partial charge in [0.25, 0.3) is 0 Å². The lowest BCUT2D eigenvalue weighted by Crippen LogP contribution is -1.72. The fourth-order valence-electron chi connectivity index (χ4n) is 1.24. The Morgan fingerprint density at radius 2 is 2.23 bits per heavy atom. The van der Waals surface area contributed by atoms with E-state index in [0.29, 0.717) is 0 Å². The lowest BCUT2D eigenvalue weighted by molar-refractivity contribution is 0.341. The minimum atomic E-state index is 0.900. The Bertz CT molecular complexity index is 431. The maximum atomic E-state index is 4.83. The van der Waals surface area contributed by atoms with E-state index in [9.17, 15) is 0 Å². The van der Waals surface area contributed by atoms with Crippen LogP contribution in [-0.2, 0) is 4.74 Å². The molecule has 0 spiro atoms. The zero-order valence-electron chi connectivity index (χ0n) is 7.32. The zero-order valence-corrected chi connectivity index (χ0v) is 7.32. The summed E-state index contributed by atoms with van der Waals surface area (Å²) in [6.45, 7) is 0. The molecule has 66 valence electrons. The second-order valence-corrected chi connectivity index (χ2v) is 2.69. The predicted molar refractivity (Wildman–Crippen MR) is 52.1 cm³/mol. The summed E-state index contributed by atoms with van der Waals surface area (Å²) in [7, 11) is 1.62. The number of benzene rings is 1. The van der Waals surface area contributed by atoms with Crippen molar-refractivity contribution in [1.82, 2.24) is 10.2 Å². The topological polar surface area (TPSA) is 37.9 Å². The minimum absolute atomic E-state index is 0.900. The number of rotatable bonds is 2. The standard InChI is InChI=1S/C10H10N2O/c1-13-7-6-10-8-4-2-3-5-9(8)11-12-10/h2-7H,1H3,(H,11,12). The first-order chi connectivity index (χ1) is 6.42. The summed E-state index contributed by atoms with van der Waals surface area (Å²) in [5.74, 6) is 0. The van der Waals surface area contributed by atoms with Gasteiger partial charge in [0.05, 0.1) is 24.6 Å². The maximum Gasteiger partial charge on any atom is 0.0957 e. The fourth-order valence-corrected chi connectivity index (χ4v) is 1.24. The zero-order chi connectivity index (χ0) is 9.10. The summed E-state index contributed by atoms with van der Waals surface area (Å²) < 4.78 is 4.83. The number of nitrogens with zero attached hydrogens (tertiary/aromatic N) is 1. The number of nitrogens with one attached hydrogen (secondary N) is 1. The van der Waals surface area contributed by atoms with Crippen molar-refractivity contribution in [3.05, 3.63) is 36.2 Å². The molecule has 0 unspecified atom stereocenters. The largest absolute Gasteiger partial charge is 0.504 e. The first-order valence-corrected chi connectivity index (χ1v) is 4.04. The molecular formula is C10H10N2O. The van der Waals surface area contributed by atoms with Crippen LogP contribution in [0.4, 0.5) is 0 Å². The van der Waals surface area contributed by atoms with Crippen LogP contribution in [0.5, 0.6) is 0 Å². The summed E-state index contributed by atoms with van der Waals surface area (Å²) in [6, 6.07) is 7.98. The van der Waals surface area contributed by atoms with Crippen LogP contribution in [0.2, 0.25) is 0 Å². The molecule has 0 aliphatic carbocycles. The first-order valence-electron chi connectivity index (χ1n) is 4.04. The van der Waals surface area contributed by atoms with Gasteiger partial charge in [0.1, 0.15) is 0 Å². The molecule has 1 aromatic heterocycles. The lowest BCUT2D eigenvalue weighted by atomic mass is 10.2. The minimum Gasteiger partial charge on any atom is -0.504 e. The lowest BCUT2D eigenvalue weighted by Gasteiger charge is -1.88. The number of H-pyrrole nitrogens is 1. The van der Waals surface area contributed by atoms with Crippen LogP contribution in [0.3, 0.4) is 0 Å². The average molecular weight is 174 g/mol. The number of methoxy groups -OCH3 is 1. The highest BCUT2D eigenvalue weighted by Crippen LogP contribution is 2.15. The van der Waals surface area contributed by atoms with Crippen molar-refractivity contribution >= 4 is 17.0 Å². The van der Waals surface area contributed by atoms with Gasteiger partial charge >= 0.3 is 0 Å². The smallest absolute Gasteiger partial charge is 0.0957 e. The summed E-state index contributed by atoms with van der Waals surface area (Å²) >= 11 is 0. The molecule has 1 heterocycles. The van der Waals surface area contributed by atoms with Crippen molar-refractivity contribution in [2.75, 3.05) is 7.11 Å². The third kappa shape index (κ3) is 1.40. The van der Waals surface area contributed by atoms with E-state index < -0.39 is 0 Å². The predicted octanol–water partition coefficient (Wildman–Crippen LogP) is 2.18. The van der Waals surface area contributed by atoms with Crippen molar-refractivity contribution in [2.45, 2.75) is 0 Å². The van der Waals surface area contributed by atoms with E-state index in [1.54, 1.807) is 13.4 Å². The van der Waals surface area contributed by atoms with Gasteiger partial charge in [-0.3, -0.25) is 5.10 Å². The van der Waals surface area contributed by atoms with Gasteiger partial charge in [0, 0.05) is 11.5 Å². The summed E-state index contributed by atoms with van der Waals surface area (Å²) in [4.78, 5) is 0. The Balaban J connectivity index is 2.52. The SMILES string of the molecule is COC=Cc1n[nH]c2ccccc12. The Hall–Kier alpha value is -1.77. The monoisotopic (exact) mass is 174 g/mol. The molecule has 13 heavy (non-hydrogen) atoms. The Kier molecular flexibility index (Phi) is 2.00. The molecule has 1 aromatic carbocycles. The van der Waals surface area contributed by atoms with E-state index >= 15 is 0 Å². The highest BCUT2D eigenvalue weighted by atomic mass is 16.5. The molecule has 0 atom stereocenters. The first kappa shape index (κ1) is 7.86. The molecule has 0 saturated carbocycles. The highest BCUT2D eigenvalue weighted by molar-refractivity contribution is 5.86. The molecule has 2 rings (SSSR count). The van der Waals surface area contributed by atoms with Crippen molar-refractivity contribution in [3.63, 3.8) is 0 Å². The summed E-state index contributed by atoms with van der Waals surface area (Å²) in [5.41, 5.74) is 1.94. The van der Waals surface area contributed by atoms with E-state index in [1.807, 2.05) is 30.3 Å². The van der Waals surface area contributed by atoms with Gasteiger partial charge in [-0.15, -0.1) is 0 Å². The van der Waals surface area contributed by atoms with Crippen molar-refractivity contribution in [3.8, 4) is 0 Å². The molecular weight excluding hydrogens is 164 g/mol. The van der Waals surface area contributed by atoms with Crippen LogP contribution >= 0.6 is 0 Å². The Labute approximate surface area is 76.0 Å². The van der Waals surface area contributed by atoms with Gasteiger partial charge in [-0.1, -0.05) is 18.2 Å². The van der Waals surface area contributed by atoms with E-state index in [-0.39, 0.29) is 0 Å². The summed E-state index contributed by atoms with van der Waals surface area (Å²) in [6.07, 6.45) is 3.45. The molecule has 2 aromatic rings.